The van der Waals surface area contributed by atoms with Crippen molar-refractivity contribution in [3.8, 4) is 17.2 Å². The molecule has 0 radical (unpaired) electrons. The molecule has 0 saturated heterocycles. The van der Waals surface area contributed by atoms with Crippen LogP contribution in [-0.4, -0.2) is 55.4 Å². The molecule has 0 heterocycles. The number of aromatic hydroxyl groups is 3. The van der Waals surface area contributed by atoms with Gasteiger partial charge in [-0.15, -0.1) is 0 Å². The molecule has 0 fully saturated rings. The lowest BCUT2D eigenvalue weighted by Gasteiger charge is -2.19. The van der Waals surface area contributed by atoms with E-state index in [-0.39, 0.29) is 41.0 Å². The minimum atomic E-state index is -1.99. The molecule has 0 aliphatic heterocycles. The van der Waals surface area contributed by atoms with E-state index in [1.807, 2.05) is 0 Å². The molecule has 0 aromatic heterocycles. The summed E-state index contributed by atoms with van der Waals surface area (Å²) in [7, 11) is -1.99. The average Bonchev–Trinajstić information content (AvgIpc) is 2.58. The van der Waals surface area contributed by atoms with Crippen molar-refractivity contribution in [2.24, 2.45) is 0 Å². The molecule has 0 aliphatic carbocycles. The number of hydrogen-bond donors (Lipinski definition) is 7. The lowest BCUT2D eigenvalue weighted by Crippen LogP contribution is -2.48. The minimum absolute atomic E-state index is 0.105. The Morgan fingerprint density at radius 1 is 1.04 bits per heavy atom. The molecule has 1 atom stereocenters. The maximum atomic E-state index is 12.2. The molecule has 10 heteroatoms. The maximum Gasteiger partial charge on any atom is 0.475 e. The molecule has 2 rings (SSSR count). The van der Waals surface area contributed by atoms with Gasteiger partial charge in [-0.1, -0.05) is 12.1 Å². The van der Waals surface area contributed by atoms with Gasteiger partial charge in [0.25, 0.3) is 0 Å². The third-order valence-corrected chi connectivity index (χ3v) is 3.91. The summed E-state index contributed by atoms with van der Waals surface area (Å²) in [5.74, 6) is -4.16. The van der Waals surface area contributed by atoms with Crippen LogP contribution >= 0.6 is 0 Å². The first-order valence-electron chi connectivity index (χ1n) is 7.89. The topological polar surface area (TPSA) is 168 Å². The van der Waals surface area contributed by atoms with Crippen LogP contribution in [0, 0.1) is 0 Å². The standard InChI is InChI=1S/C17H18BNO8/c20-11-4-5-13(21)10(6-11)8-15(22)19-14(18(26)27)7-9-2-1-3-12(16(9)23)17(24)25/h1-6,14,20-21,23,26-27H,7-8H2,(H,19,22)(H,24,25). The summed E-state index contributed by atoms with van der Waals surface area (Å²) in [6, 6.07) is 7.62. The van der Waals surface area contributed by atoms with E-state index in [0.29, 0.717) is 0 Å². The van der Waals surface area contributed by atoms with E-state index < -0.39 is 30.7 Å². The van der Waals surface area contributed by atoms with Crippen LogP contribution in [-0.2, 0) is 17.6 Å². The predicted octanol–water partition coefficient (Wildman–Crippen LogP) is -0.216. The summed E-state index contributed by atoms with van der Waals surface area (Å²) >= 11 is 0. The second-order valence-corrected chi connectivity index (χ2v) is 5.90. The Kier molecular flexibility index (Phi) is 6.27. The first-order valence-corrected chi connectivity index (χ1v) is 7.89. The summed E-state index contributed by atoms with van der Waals surface area (Å²) < 4.78 is 0. The normalized spacial score (nSPS) is 11.6. The van der Waals surface area contributed by atoms with E-state index in [9.17, 15) is 35.0 Å². The molecule has 27 heavy (non-hydrogen) atoms. The van der Waals surface area contributed by atoms with Gasteiger partial charge in [-0.25, -0.2) is 4.79 Å². The molecule has 9 nitrogen and oxygen atoms in total. The highest BCUT2D eigenvalue weighted by molar-refractivity contribution is 6.43. The predicted molar refractivity (Wildman–Crippen MR) is 94.4 cm³/mol. The first kappa shape index (κ1) is 20.1. The second-order valence-electron chi connectivity index (χ2n) is 5.90. The van der Waals surface area contributed by atoms with Gasteiger partial charge < -0.3 is 35.8 Å². The van der Waals surface area contributed by atoms with Gasteiger partial charge in [0, 0.05) is 5.56 Å². The number of nitrogens with one attached hydrogen (secondary N) is 1. The first-order chi connectivity index (χ1) is 12.7. The van der Waals surface area contributed by atoms with Crippen LogP contribution in [0.2, 0.25) is 0 Å². The van der Waals surface area contributed by atoms with Crippen LogP contribution in [0.15, 0.2) is 36.4 Å². The summed E-state index contributed by atoms with van der Waals surface area (Å²) in [4.78, 5) is 23.2. The number of rotatable bonds is 7. The van der Waals surface area contributed by atoms with E-state index in [2.05, 4.69) is 5.32 Å². The molecule has 1 unspecified atom stereocenters. The highest BCUT2D eigenvalue weighted by atomic mass is 16.4. The highest BCUT2D eigenvalue weighted by Gasteiger charge is 2.27. The van der Waals surface area contributed by atoms with E-state index in [4.69, 9.17) is 5.11 Å². The Morgan fingerprint density at radius 2 is 1.74 bits per heavy atom. The minimum Gasteiger partial charge on any atom is -0.508 e. The summed E-state index contributed by atoms with van der Waals surface area (Å²) in [6.45, 7) is 0. The van der Waals surface area contributed by atoms with Gasteiger partial charge in [-0.2, -0.15) is 0 Å². The van der Waals surface area contributed by atoms with Gasteiger partial charge in [0.15, 0.2) is 0 Å². The molecule has 0 aliphatic rings. The Hall–Kier alpha value is -3.24. The lowest BCUT2D eigenvalue weighted by atomic mass is 9.75. The Balaban J connectivity index is 2.14. The average molecular weight is 375 g/mol. The zero-order chi connectivity index (χ0) is 20.1. The van der Waals surface area contributed by atoms with E-state index >= 15 is 0 Å². The van der Waals surface area contributed by atoms with Gasteiger partial charge in [0.1, 0.15) is 22.8 Å². The Labute approximate surface area is 154 Å². The smallest absolute Gasteiger partial charge is 0.475 e. The molecular weight excluding hydrogens is 357 g/mol. The number of carboxylic acids is 1. The van der Waals surface area contributed by atoms with Crippen LogP contribution in [0.25, 0.3) is 0 Å². The molecule has 0 bridgehead atoms. The van der Waals surface area contributed by atoms with Gasteiger partial charge in [-0.05, 0) is 36.2 Å². The number of para-hydroxylation sites is 1. The Morgan fingerprint density at radius 3 is 2.37 bits per heavy atom. The van der Waals surface area contributed by atoms with Crippen molar-refractivity contribution < 1.29 is 40.1 Å². The molecule has 0 saturated carbocycles. The zero-order valence-electron chi connectivity index (χ0n) is 14.0. The summed E-state index contributed by atoms with van der Waals surface area (Å²) in [5, 5.41) is 59.5. The van der Waals surface area contributed by atoms with Gasteiger partial charge in [-0.3, -0.25) is 4.79 Å². The van der Waals surface area contributed by atoms with E-state index in [1.165, 1.54) is 36.4 Å². The fraction of sp³-hybridized carbons (Fsp3) is 0.176. The van der Waals surface area contributed by atoms with Crippen molar-refractivity contribution in [3.05, 3.63) is 53.1 Å². The zero-order valence-corrected chi connectivity index (χ0v) is 14.0. The number of carbonyl (C=O) groups excluding carboxylic acids is 1. The monoisotopic (exact) mass is 375 g/mol. The van der Waals surface area contributed by atoms with Crippen molar-refractivity contribution >= 4 is 19.0 Å². The summed E-state index contributed by atoms with van der Waals surface area (Å²) in [6.07, 6.45) is -0.590. The van der Waals surface area contributed by atoms with Crippen LogP contribution in [0.1, 0.15) is 21.5 Å². The number of aromatic carboxylic acids is 1. The third kappa shape index (κ3) is 5.12. The molecule has 0 spiro atoms. The van der Waals surface area contributed by atoms with E-state index in [1.54, 1.807) is 0 Å². The van der Waals surface area contributed by atoms with E-state index in [0.717, 1.165) is 0 Å². The number of amides is 1. The number of carbonyl (C=O) groups is 2. The van der Waals surface area contributed by atoms with Gasteiger partial charge in [0.2, 0.25) is 5.91 Å². The molecule has 2 aromatic rings. The quantitative estimate of drug-likeness (QED) is 0.258. The largest absolute Gasteiger partial charge is 0.508 e. The van der Waals surface area contributed by atoms with Crippen molar-refractivity contribution in [1.29, 1.82) is 0 Å². The maximum absolute atomic E-state index is 12.2. The third-order valence-electron chi connectivity index (χ3n) is 3.91. The van der Waals surface area contributed by atoms with Crippen molar-refractivity contribution in [3.63, 3.8) is 0 Å². The number of carboxylic acid groups (broad SMARTS) is 1. The fourth-order valence-electron chi connectivity index (χ4n) is 2.54. The number of phenolic OH excluding ortho intramolecular Hbond substituents is 2. The second kappa shape index (κ2) is 8.43. The SMILES string of the molecule is O=C(Cc1cc(O)ccc1O)NC(Cc1cccc(C(=O)O)c1O)B(O)O. The van der Waals surface area contributed by atoms with Crippen LogP contribution in [0.4, 0.5) is 0 Å². The lowest BCUT2D eigenvalue weighted by molar-refractivity contribution is -0.120. The van der Waals surface area contributed by atoms with Crippen LogP contribution in [0.3, 0.4) is 0 Å². The molecule has 7 N–H and O–H groups in total. The van der Waals surface area contributed by atoms with Crippen molar-refractivity contribution in [1.82, 2.24) is 5.32 Å². The van der Waals surface area contributed by atoms with Gasteiger partial charge in [0.05, 0.1) is 12.4 Å². The van der Waals surface area contributed by atoms with Gasteiger partial charge >= 0.3 is 13.1 Å². The molecular formula is C17H18BNO8. The molecule has 142 valence electrons. The van der Waals surface area contributed by atoms with Crippen molar-refractivity contribution in [2.45, 2.75) is 18.8 Å². The number of benzene rings is 2. The number of hydrogen-bond acceptors (Lipinski definition) is 7. The van der Waals surface area contributed by atoms with Crippen molar-refractivity contribution in [2.75, 3.05) is 0 Å². The van der Waals surface area contributed by atoms with Crippen LogP contribution in [0.5, 0.6) is 17.2 Å². The highest BCUT2D eigenvalue weighted by Crippen LogP contribution is 2.25. The van der Waals surface area contributed by atoms with Crippen LogP contribution < -0.4 is 5.32 Å². The Bertz CT molecular complexity index is 855. The molecule has 1 amide bonds. The molecule has 2 aromatic carbocycles. The summed E-state index contributed by atoms with van der Waals surface area (Å²) in [5.41, 5.74) is -0.113. The fourth-order valence-corrected chi connectivity index (χ4v) is 2.54. The number of phenols is 3.